The number of rotatable bonds is 6. The highest BCUT2D eigenvalue weighted by Gasteiger charge is 2.21. The molecule has 0 bridgehead atoms. The molecular weight excluding hydrogens is 358 g/mol. The molecular formula is C22H17NO5. The Bertz CT molecular complexity index is 1060. The van der Waals surface area contributed by atoms with Crippen LogP contribution in [0.5, 0.6) is 5.75 Å². The van der Waals surface area contributed by atoms with E-state index < -0.39 is 10.9 Å². The van der Waals surface area contributed by atoms with E-state index in [1.54, 1.807) is 36.4 Å². The first-order chi connectivity index (χ1) is 13.5. The van der Waals surface area contributed by atoms with Gasteiger partial charge in [-0.1, -0.05) is 54.6 Å². The quantitative estimate of drug-likeness (QED) is 0.366. The van der Waals surface area contributed by atoms with E-state index in [0.717, 1.165) is 5.56 Å². The number of nitro groups is 1. The first-order valence-electron chi connectivity index (χ1n) is 8.43. The Morgan fingerprint density at radius 3 is 2.32 bits per heavy atom. The van der Waals surface area contributed by atoms with Gasteiger partial charge < -0.3 is 9.84 Å². The van der Waals surface area contributed by atoms with Crippen LogP contribution in [0.2, 0.25) is 0 Å². The van der Waals surface area contributed by atoms with Crippen molar-refractivity contribution in [3.63, 3.8) is 0 Å². The van der Waals surface area contributed by atoms with Crippen molar-refractivity contribution in [2.75, 3.05) is 7.11 Å². The molecule has 0 spiro atoms. The maximum atomic E-state index is 11.6. The van der Waals surface area contributed by atoms with Gasteiger partial charge in [0, 0.05) is 5.56 Å². The molecule has 0 saturated heterocycles. The highest BCUT2D eigenvalue weighted by atomic mass is 16.6. The minimum atomic E-state index is -1.09. The molecule has 0 fully saturated rings. The minimum Gasteiger partial charge on any atom is -0.496 e. The smallest absolute Gasteiger partial charge is 0.336 e. The van der Waals surface area contributed by atoms with Crippen molar-refractivity contribution in [2.45, 2.75) is 0 Å². The molecule has 3 aromatic carbocycles. The average Bonchev–Trinajstić information content (AvgIpc) is 2.72. The fourth-order valence-electron chi connectivity index (χ4n) is 2.91. The first kappa shape index (κ1) is 18.8. The van der Waals surface area contributed by atoms with Gasteiger partial charge in [-0.2, -0.15) is 0 Å². The van der Waals surface area contributed by atoms with Gasteiger partial charge >= 0.3 is 5.97 Å². The fraction of sp³-hybridized carbons (Fsp3) is 0.0455. The van der Waals surface area contributed by atoms with Crippen molar-refractivity contribution in [3.8, 4) is 16.9 Å². The van der Waals surface area contributed by atoms with Crippen LogP contribution in [0, 0.1) is 10.1 Å². The third-order valence-corrected chi connectivity index (χ3v) is 4.25. The second-order valence-corrected chi connectivity index (χ2v) is 5.96. The van der Waals surface area contributed by atoms with Crippen LogP contribution in [0.25, 0.3) is 23.3 Å². The summed E-state index contributed by atoms with van der Waals surface area (Å²) in [7, 11) is 1.39. The number of carboxylic acid groups (broad SMARTS) is 1. The maximum Gasteiger partial charge on any atom is 0.336 e. The van der Waals surface area contributed by atoms with E-state index in [4.69, 9.17) is 4.74 Å². The van der Waals surface area contributed by atoms with Gasteiger partial charge in [-0.15, -0.1) is 0 Å². The molecule has 28 heavy (non-hydrogen) atoms. The van der Waals surface area contributed by atoms with E-state index in [9.17, 15) is 20.0 Å². The molecule has 6 heteroatoms. The van der Waals surface area contributed by atoms with E-state index in [1.165, 1.54) is 19.2 Å². The zero-order valence-electron chi connectivity index (χ0n) is 15.0. The summed E-state index contributed by atoms with van der Waals surface area (Å²) < 4.78 is 5.32. The van der Waals surface area contributed by atoms with Crippen LogP contribution < -0.4 is 4.74 Å². The molecule has 0 radical (unpaired) electrons. The molecule has 0 aliphatic carbocycles. The largest absolute Gasteiger partial charge is 0.496 e. The summed E-state index contributed by atoms with van der Waals surface area (Å²) in [5, 5.41) is 21.0. The van der Waals surface area contributed by atoms with Crippen molar-refractivity contribution in [2.24, 2.45) is 0 Å². The van der Waals surface area contributed by atoms with Crippen molar-refractivity contribution >= 4 is 23.8 Å². The standard InChI is InChI=1S/C22H17NO5/c1-28-21-14-20(23(26)27)16(12-11-15-7-3-2-4-8-15)13-19(21)17-9-5-6-10-18(17)22(24)25/h2-14H,1H3,(H,24,25). The molecule has 6 nitrogen and oxygen atoms in total. The summed E-state index contributed by atoms with van der Waals surface area (Å²) in [6.07, 6.45) is 3.40. The van der Waals surface area contributed by atoms with Crippen molar-refractivity contribution in [3.05, 3.63) is 93.5 Å². The van der Waals surface area contributed by atoms with Crippen molar-refractivity contribution < 1.29 is 19.6 Å². The first-order valence-corrected chi connectivity index (χ1v) is 8.43. The van der Waals surface area contributed by atoms with Crippen molar-refractivity contribution in [1.29, 1.82) is 0 Å². The number of methoxy groups -OCH3 is 1. The summed E-state index contributed by atoms with van der Waals surface area (Å²) in [5.74, 6) is -0.852. The molecule has 140 valence electrons. The van der Waals surface area contributed by atoms with Crippen molar-refractivity contribution in [1.82, 2.24) is 0 Å². The molecule has 0 aliphatic rings. The SMILES string of the molecule is COc1cc([N+](=O)[O-])c(C=Cc2ccccc2)cc1-c1ccccc1C(=O)O. The number of benzene rings is 3. The van der Waals surface area contributed by atoms with Gasteiger partial charge in [-0.05, 0) is 29.3 Å². The number of aromatic carboxylic acids is 1. The summed E-state index contributed by atoms with van der Waals surface area (Å²) in [6.45, 7) is 0. The highest BCUT2D eigenvalue weighted by molar-refractivity contribution is 5.97. The van der Waals surface area contributed by atoms with E-state index in [-0.39, 0.29) is 17.0 Å². The van der Waals surface area contributed by atoms with E-state index in [1.807, 2.05) is 30.3 Å². The lowest BCUT2D eigenvalue weighted by molar-refractivity contribution is -0.385. The summed E-state index contributed by atoms with van der Waals surface area (Å²) in [4.78, 5) is 22.7. The van der Waals surface area contributed by atoms with Crippen LogP contribution in [-0.2, 0) is 0 Å². The van der Waals surface area contributed by atoms with Gasteiger partial charge in [-0.3, -0.25) is 10.1 Å². The van der Waals surface area contributed by atoms with Crippen LogP contribution in [0.4, 0.5) is 5.69 Å². The predicted octanol–water partition coefficient (Wildman–Crippen LogP) is 5.14. The van der Waals surface area contributed by atoms with Gasteiger partial charge in [0.05, 0.1) is 29.2 Å². The number of carbonyl (C=O) groups is 1. The number of hydrogen-bond donors (Lipinski definition) is 1. The Kier molecular flexibility index (Phi) is 5.50. The molecule has 0 aliphatic heterocycles. The third-order valence-electron chi connectivity index (χ3n) is 4.25. The Balaban J connectivity index is 2.20. The highest BCUT2D eigenvalue weighted by Crippen LogP contribution is 2.38. The third kappa shape index (κ3) is 3.91. The number of nitro benzene ring substituents is 1. The monoisotopic (exact) mass is 375 g/mol. The molecule has 0 amide bonds. The maximum absolute atomic E-state index is 11.6. The summed E-state index contributed by atoms with van der Waals surface area (Å²) in [6, 6.07) is 18.8. The number of carboxylic acids is 1. The lowest BCUT2D eigenvalue weighted by Gasteiger charge is -2.12. The van der Waals surface area contributed by atoms with Gasteiger partial charge in [0.25, 0.3) is 5.69 Å². The Morgan fingerprint density at radius 1 is 1.00 bits per heavy atom. The van der Waals surface area contributed by atoms with E-state index >= 15 is 0 Å². The molecule has 0 atom stereocenters. The second kappa shape index (κ2) is 8.18. The van der Waals surface area contributed by atoms with E-state index in [0.29, 0.717) is 16.7 Å². The van der Waals surface area contributed by atoms with Gasteiger partial charge in [0.1, 0.15) is 5.75 Å². The normalized spacial score (nSPS) is 10.8. The summed E-state index contributed by atoms with van der Waals surface area (Å²) in [5.41, 5.74) is 2.10. The van der Waals surface area contributed by atoms with Gasteiger partial charge in [0.15, 0.2) is 0 Å². The molecule has 3 rings (SSSR count). The average molecular weight is 375 g/mol. The summed E-state index contributed by atoms with van der Waals surface area (Å²) >= 11 is 0. The second-order valence-electron chi connectivity index (χ2n) is 5.96. The zero-order valence-corrected chi connectivity index (χ0v) is 15.0. The Morgan fingerprint density at radius 2 is 1.68 bits per heavy atom. The van der Waals surface area contributed by atoms with Crippen LogP contribution >= 0.6 is 0 Å². The minimum absolute atomic E-state index is 0.0904. The number of ether oxygens (including phenoxy) is 1. The van der Waals surface area contributed by atoms with Crippen LogP contribution in [0.15, 0.2) is 66.7 Å². The molecule has 0 unspecified atom stereocenters. The lowest BCUT2D eigenvalue weighted by atomic mass is 9.96. The molecule has 0 heterocycles. The molecule has 0 saturated carbocycles. The molecule has 0 aromatic heterocycles. The Labute approximate surface area is 161 Å². The van der Waals surface area contributed by atoms with Gasteiger partial charge in [-0.25, -0.2) is 4.79 Å². The lowest BCUT2D eigenvalue weighted by Crippen LogP contribution is -2.01. The topological polar surface area (TPSA) is 89.7 Å². The van der Waals surface area contributed by atoms with Crippen LogP contribution in [0.1, 0.15) is 21.5 Å². The zero-order chi connectivity index (χ0) is 20.1. The van der Waals surface area contributed by atoms with Crippen LogP contribution in [-0.4, -0.2) is 23.1 Å². The number of hydrogen-bond acceptors (Lipinski definition) is 4. The fourth-order valence-corrected chi connectivity index (χ4v) is 2.91. The molecule has 3 aromatic rings. The van der Waals surface area contributed by atoms with Gasteiger partial charge in [0.2, 0.25) is 0 Å². The number of nitrogens with zero attached hydrogens (tertiary/aromatic N) is 1. The van der Waals surface area contributed by atoms with Crippen LogP contribution in [0.3, 0.4) is 0 Å². The Hall–Kier alpha value is -3.93. The predicted molar refractivity (Wildman–Crippen MR) is 107 cm³/mol. The molecule has 1 N–H and O–H groups in total. The van der Waals surface area contributed by atoms with E-state index in [2.05, 4.69) is 0 Å².